The lowest BCUT2D eigenvalue weighted by Crippen LogP contribution is -1.88. The summed E-state index contributed by atoms with van der Waals surface area (Å²) in [4.78, 5) is 9.53. The van der Waals surface area contributed by atoms with Crippen LogP contribution in [0.15, 0.2) is 97.1 Å². The van der Waals surface area contributed by atoms with E-state index in [2.05, 4.69) is 84.9 Å². The number of para-hydroxylation sites is 2. The first-order valence-electron chi connectivity index (χ1n) is 10.2. The molecule has 2 heterocycles. The number of nitrogens with zero attached hydrogens (tertiary/aromatic N) is 2. The molecule has 2 nitrogen and oxygen atoms in total. The topological polar surface area (TPSA) is 25.8 Å². The van der Waals surface area contributed by atoms with Gasteiger partial charge in [0.05, 0.1) is 20.4 Å². The highest BCUT2D eigenvalue weighted by atomic mass is 32.1. The van der Waals surface area contributed by atoms with E-state index in [1.165, 1.54) is 31.7 Å². The molecule has 0 unspecified atom stereocenters. The Morgan fingerprint density at radius 1 is 0.484 bits per heavy atom. The molecule has 0 fully saturated rings. The van der Waals surface area contributed by atoms with Gasteiger partial charge in [0.2, 0.25) is 0 Å². The van der Waals surface area contributed by atoms with Gasteiger partial charge in [0.1, 0.15) is 10.0 Å². The number of hydrogen-bond donors (Lipinski definition) is 0. The van der Waals surface area contributed by atoms with Crippen molar-refractivity contribution in [3.05, 3.63) is 108 Å². The third-order valence-corrected chi connectivity index (χ3v) is 7.57. The molecule has 0 aliphatic rings. The highest BCUT2D eigenvalue weighted by molar-refractivity contribution is 7.22. The summed E-state index contributed by atoms with van der Waals surface area (Å²) in [5, 5.41) is 2.15. The van der Waals surface area contributed by atoms with E-state index in [1.807, 2.05) is 12.1 Å². The van der Waals surface area contributed by atoms with E-state index >= 15 is 0 Å². The van der Waals surface area contributed by atoms with Crippen LogP contribution in [-0.2, 0) is 6.42 Å². The summed E-state index contributed by atoms with van der Waals surface area (Å²) in [5.74, 6) is 0. The van der Waals surface area contributed by atoms with Gasteiger partial charge in [0.15, 0.2) is 0 Å². The summed E-state index contributed by atoms with van der Waals surface area (Å²) in [5.41, 5.74) is 7.10. The first-order valence-corrected chi connectivity index (χ1v) is 11.8. The number of aromatic nitrogens is 2. The standard InChI is InChI=1S/C27H18N2S2/c1-3-7-24-22(5-1)28-26(30-24)20-13-9-18(10-14-20)17-19-11-15-21(16-12-19)27-29-23-6-2-4-8-25(23)31-27/h1-16H,17H2. The second kappa shape index (κ2) is 7.73. The molecule has 0 saturated carbocycles. The predicted octanol–water partition coefficient (Wildman–Crippen LogP) is 7.83. The quantitative estimate of drug-likeness (QED) is 0.282. The fourth-order valence-corrected chi connectivity index (χ4v) is 5.70. The van der Waals surface area contributed by atoms with Gasteiger partial charge in [0.25, 0.3) is 0 Å². The van der Waals surface area contributed by atoms with Crippen LogP contribution in [0, 0.1) is 0 Å². The Bertz CT molecular complexity index is 1310. The summed E-state index contributed by atoms with van der Waals surface area (Å²) in [6.07, 6.45) is 0.917. The lowest BCUT2D eigenvalue weighted by atomic mass is 10.0. The second-order valence-corrected chi connectivity index (χ2v) is 9.61. The molecule has 0 N–H and O–H groups in total. The lowest BCUT2D eigenvalue weighted by Gasteiger charge is -2.04. The van der Waals surface area contributed by atoms with Crippen LogP contribution in [0.1, 0.15) is 11.1 Å². The smallest absolute Gasteiger partial charge is 0.124 e. The molecule has 148 valence electrons. The van der Waals surface area contributed by atoms with E-state index in [-0.39, 0.29) is 0 Å². The van der Waals surface area contributed by atoms with Gasteiger partial charge in [-0.05, 0) is 41.8 Å². The van der Waals surface area contributed by atoms with Crippen molar-refractivity contribution in [1.82, 2.24) is 9.97 Å². The summed E-state index contributed by atoms with van der Waals surface area (Å²) >= 11 is 3.49. The van der Waals surface area contributed by atoms with Crippen molar-refractivity contribution in [2.24, 2.45) is 0 Å². The van der Waals surface area contributed by atoms with Crippen molar-refractivity contribution in [2.75, 3.05) is 0 Å². The van der Waals surface area contributed by atoms with E-state index in [9.17, 15) is 0 Å². The van der Waals surface area contributed by atoms with E-state index in [4.69, 9.17) is 9.97 Å². The molecule has 0 amide bonds. The number of benzene rings is 4. The van der Waals surface area contributed by atoms with E-state index in [1.54, 1.807) is 22.7 Å². The molecular weight excluding hydrogens is 416 g/mol. The van der Waals surface area contributed by atoms with Crippen molar-refractivity contribution in [1.29, 1.82) is 0 Å². The minimum Gasteiger partial charge on any atom is -0.236 e. The summed E-state index contributed by atoms with van der Waals surface area (Å²) in [7, 11) is 0. The van der Waals surface area contributed by atoms with Gasteiger partial charge in [-0.3, -0.25) is 0 Å². The Hall–Kier alpha value is -3.34. The van der Waals surface area contributed by atoms with Gasteiger partial charge in [-0.25, -0.2) is 9.97 Å². The maximum atomic E-state index is 4.76. The van der Waals surface area contributed by atoms with Gasteiger partial charge in [-0.2, -0.15) is 0 Å². The SMILES string of the molecule is c1ccc2sc(-c3ccc(Cc4ccc(-c5nc6ccccc6s5)cc4)cc3)nc2c1. The normalized spacial score (nSPS) is 11.4. The fourth-order valence-electron chi connectivity index (χ4n) is 3.76. The Morgan fingerprint density at radius 3 is 1.32 bits per heavy atom. The number of hydrogen-bond acceptors (Lipinski definition) is 4. The molecule has 4 heteroatoms. The van der Waals surface area contributed by atoms with Gasteiger partial charge in [-0.1, -0.05) is 72.8 Å². The van der Waals surface area contributed by atoms with Crippen LogP contribution in [0.5, 0.6) is 0 Å². The van der Waals surface area contributed by atoms with E-state index in [0.717, 1.165) is 27.5 Å². The minimum absolute atomic E-state index is 0.917. The highest BCUT2D eigenvalue weighted by Gasteiger charge is 2.08. The fraction of sp³-hybridized carbons (Fsp3) is 0.0370. The van der Waals surface area contributed by atoms with Crippen molar-refractivity contribution in [3.8, 4) is 21.1 Å². The largest absolute Gasteiger partial charge is 0.236 e. The number of rotatable bonds is 4. The average molecular weight is 435 g/mol. The summed E-state index contributed by atoms with van der Waals surface area (Å²) in [6, 6.07) is 34.2. The minimum atomic E-state index is 0.917. The van der Waals surface area contributed by atoms with Crippen molar-refractivity contribution in [2.45, 2.75) is 6.42 Å². The molecule has 6 rings (SSSR count). The summed E-state index contributed by atoms with van der Waals surface area (Å²) in [6.45, 7) is 0. The van der Waals surface area contributed by atoms with Crippen molar-refractivity contribution < 1.29 is 0 Å². The molecule has 0 spiro atoms. The molecular formula is C27H18N2S2. The van der Waals surface area contributed by atoms with Crippen LogP contribution in [0.2, 0.25) is 0 Å². The Balaban J connectivity index is 1.20. The zero-order valence-corrected chi connectivity index (χ0v) is 18.3. The maximum absolute atomic E-state index is 4.76. The molecule has 0 bridgehead atoms. The third-order valence-electron chi connectivity index (χ3n) is 5.40. The zero-order valence-electron chi connectivity index (χ0n) is 16.7. The van der Waals surface area contributed by atoms with Crippen LogP contribution < -0.4 is 0 Å². The van der Waals surface area contributed by atoms with Crippen LogP contribution in [0.25, 0.3) is 41.6 Å². The van der Waals surface area contributed by atoms with Crippen LogP contribution in [0.3, 0.4) is 0 Å². The molecule has 6 aromatic rings. The van der Waals surface area contributed by atoms with Crippen molar-refractivity contribution >= 4 is 43.1 Å². The molecule has 4 aromatic carbocycles. The Labute approximate surface area is 188 Å². The molecule has 0 aliphatic carbocycles. The van der Waals surface area contributed by atoms with Crippen LogP contribution >= 0.6 is 22.7 Å². The van der Waals surface area contributed by atoms with Crippen molar-refractivity contribution in [3.63, 3.8) is 0 Å². The molecule has 0 radical (unpaired) electrons. The monoisotopic (exact) mass is 434 g/mol. The number of fused-ring (bicyclic) bond motifs is 2. The third kappa shape index (κ3) is 3.65. The zero-order chi connectivity index (χ0) is 20.6. The molecule has 0 saturated heterocycles. The Kier molecular flexibility index (Phi) is 4.59. The van der Waals surface area contributed by atoms with Crippen LogP contribution in [0.4, 0.5) is 0 Å². The predicted molar refractivity (Wildman–Crippen MR) is 133 cm³/mol. The molecule has 31 heavy (non-hydrogen) atoms. The molecule has 0 atom stereocenters. The molecule has 0 aliphatic heterocycles. The van der Waals surface area contributed by atoms with Gasteiger partial charge in [-0.15, -0.1) is 22.7 Å². The Morgan fingerprint density at radius 2 is 0.903 bits per heavy atom. The average Bonchev–Trinajstić information content (AvgIpc) is 3.44. The molecule has 2 aromatic heterocycles. The van der Waals surface area contributed by atoms with Gasteiger partial charge < -0.3 is 0 Å². The first-order chi connectivity index (χ1) is 15.3. The lowest BCUT2D eigenvalue weighted by molar-refractivity contribution is 1.19. The highest BCUT2D eigenvalue weighted by Crippen LogP contribution is 2.31. The number of thiazole rings is 2. The first kappa shape index (κ1) is 18.4. The van der Waals surface area contributed by atoms with E-state index < -0.39 is 0 Å². The van der Waals surface area contributed by atoms with Gasteiger partial charge in [0, 0.05) is 11.1 Å². The second-order valence-electron chi connectivity index (χ2n) is 7.54. The summed E-state index contributed by atoms with van der Waals surface area (Å²) < 4.78 is 2.46. The maximum Gasteiger partial charge on any atom is 0.124 e. The van der Waals surface area contributed by atoms with Gasteiger partial charge >= 0.3 is 0 Å². The van der Waals surface area contributed by atoms with E-state index in [0.29, 0.717) is 0 Å². The van der Waals surface area contributed by atoms with Crippen LogP contribution in [-0.4, -0.2) is 9.97 Å².